The second-order valence-corrected chi connectivity index (χ2v) is 10.5. The molecule has 12 heteroatoms. The van der Waals surface area contributed by atoms with Crippen molar-refractivity contribution in [1.29, 1.82) is 0 Å². The summed E-state index contributed by atoms with van der Waals surface area (Å²) in [6.45, 7) is 6.67. The van der Waals surface area contributed by atoms with Crippen molar-refractivity contribution in [2.45, 2.75) is 45.2 Å². The van der Waals surface area contributed by atoms with Gasteiger partial charge < -0.3 is 10.0 Å². The van der Waals surface area contributed by atoms with Gasteiger partial charge in [0.15, 0.2) is 16.5 Å². The molecule has 1 atom stereocenters. The summed E-state index contributed by atoms with van der Waals surface area (Å²) in [5.74, 6) is -3.98. The van der Waals surface area contributed by atoms with Crippen LogP contribution in [0.5, 0.6) is 5.75 Å². The molecule has 1 aliphatic heterocycles. The van der Waals surface area contributed by atoms with E-state index in [9.17, 15) is 27.9 Å². The third-order valence-electron chi connectivity index (χ3n) is 7.13. The average molecular weight is 546 g/mol. The number of pyridine rings is 1. The molecule has 1 aromatic carbocycles. The topological polar surface area (TPSA) is 91.6 Å². The Hall–Kier alpha value is -3.67. The van der Waals surface area contributed by atoms with E-state index >= 15 is 0 Å². The number of hydrogen-bond acceptors (Lipinski definition) is 7. The quantitative estimate of drug-likeness (QED) is 0.448. The van der Waals surface area contributed by atoms with Crippen LogP contribution in [0.25, 0.3) is 10.6 Å². The van der Waals surface area contributed by atoms with Crippen molar-refractivity contribution in [1.82, 2.24) is 19.8 Å². The number of carbonyl (C=O) groups excluding carboxylic acids is 1. The monoisotopic (exact) mass is 545 g/mol. The Labute approximate surface area is 220 Å². The first-order valence-corrected chi connectivity index (χ1v) is 13.2. The second-order valence-electron chi connectivity index (χ2n) is 9.45. The zero-order chi connectivity index (χ0) is 27.1. The highest BCUT2D eigenvalue weighted by atomic mass is 32.1. The van der Waals surface area contributed by atoms with Crippen LogP contribution in [0.1, 0.15) is 53.7 Å². The number of benzene rings is 1. The molecule has 200 valence electrons. The normalized spacial score (nSPS) is 17.8. The molecule has 0 bridgehead atoms. The van der Waals surface area contributed by atoms with Crippen molar-refractivity contribution in [3.05, 3.63) is 74.9 Å². The van der Waals surface area contributed by atoms with Crippen LogP contribution in [-0.4, -0.2) is 50.0 Å². The first-order valence-electron chi connectivity index (χ1n) is 12.4. The molecule has 1 aliphatic carbocycles. The maximum absolute atomic E-state index is 14.2. The third-order valence-corrected chi connectivity index (χ3v) is 8.09. The summed E-state index contributed by atoms with van der Waals surface area (Å²) in [6, 6.07) is 1.17. The van der Waals surface area contributed by atoms with Crippen LogP contribution in [0.2, 0.25) is 0 Å². The summed E-state index contributed by atoms with van der Waals surface area (Å²) in [5.41, 5.74) is -1.33. The molecule has 2 aliphatic rings. The number of aromatic hydroxyl groups is 1. The maximum Gasteiger partial charge on any atom is 0.278 e. The zero-order valence-corrected chi connectivity index (χ0v) is 21.5. The maximum atomic E-state index is 14.2. The molecule has 0 spiro atoms. The van der Waals surface area contributed by atoms with Crippen LogP contribution < -0.4 is 10.4 Å². The average Bonchev–Trinajstić information content (AvgIpc) is 3.56. The van der Waals surface area contributed by atoms with Crippen LogP contribution in [0.3, 0.4) is 0 Å². The summed E-state index contributed by atoms with van der Waals surface area (Å²) in [7, 11) is 0. The highest BCUT2D eigenvalue weighted by Gasteiger charge is 2.39. The number of aromatic nitrogens is 3. The Kier molecular flexibility index (Phi) is 6.99. The SMILES string of the molecule is C=C[C@H]1N(CC)C(=O)c2c(O)c(=O)c(-c3nnc(Cc4c(F)cc(F)cc4F)s3)cn2N1CC1CCCC1. The van der Waals surface area contributed by atoms with Crippen molar-refractivity contribution in [3.63, 3.8) is 0 Å². The number of carbonyl (C=O) groups is 1. The molecule has 1 saturated carbocycles. The van der Waals surface area contributed by atoms with Crippen molar-refractivity contribution >= 4 is 17.2 Å². The van der Waals surface area contributed by atoms with Gasteiger partial charge in [-0.25, -0.2) is 13.2 Å². The van der Waals surface area contributed by atoms with Gasteiger partial charge >= 0.3 is 0 Å². The molecule has 0 radical (unpaired) electrons. The first kappa shape index (κ1) is 26.0. The predicted octanol–water partition coefficient (Wildman–Crippen LogP) is 4.20. The van der Waals surface area contributed by atoms with Crippen molar-refractivity contribution in [2.75, 3.05) is 18.1 Å². The van der Waals surface area contributed by atoms with Gasteiger partial charge in [0.05, 0.1) is 5.56 Å². The van der Waals surface area contributed by atoms with Crippen LogP contribution in [-0.2, 0) is 6.42 Å². The fourth-order valence-electron chi connectivity index (χ4n) is 5.25. The van der Waals surface area contributed by atoms with Crippen LogP contribution in [0.15, 0.2) is 35.8 Å². The molecule has 3 aromatic rings. The van der Waals surface area contributed by atoms with E-state index in [4.69, 9.17) is 0 Å². The standard InChI is InChI=1S/C26H26F3N5O3S/c1-3-21-32(4-2)26(37)22-24(36)23(35)17(13-34(22)33(21)12-14-7-5-6-8-14)25-31-30-20(38-25)11-16-18(28)9-15(27)10-19(16)29/h3,9-10,13-14,21,36H,1,4-8,11-12H2,2H3/t21-/m0/s1. The Morgan fingerprint density at radius 3 is 2.47 bits per heavy atom. The molecule has 38 heavy (non-hydrogen) atoms. The van der Waals surface area contributed by atoms with Gasteiger partial charge in [-0.1, -0.05) is 30.8 Å². The minimum Gasteiger partial charge on any atom is -0.502 e. The van der Waals surface area contributed by atoms with Crippen LogP contribution >= 0.6 is 11.3 Å². The first-order chi connectivity index (χ1) is 18.2. The molecule has 1 fully saturated rings. The van der Waals surface area contributed by atoms with Gasteiger partial charge in [-0.2, -0.15) is 0 Å². The fraction of sp³-hybridized carbons (Fsp3) is 0.385. The molecule has 3 heterocycles. The van der Waals surface area contributed by atoms with E-state index in [0.717, 1.165) is 37.0 Å². The van der Waals surface area contributed by atoms with Gasteiger partial charge in [0.2, 0.25) is 5.43 Å². The molecule has 1 N–H and O–H groups in total. The predicted molar refractivity (Wildman–Crippen MR) is 136 cm³/mol. The van der Waals surface area contributed by atoms with Crippen LogP contribution in [0, 0.1) is 23.4 Å². The highest BCUT2D eigenvalue weighted by molar-refractivity contribution is 7.14. The van der Waals surface area contributed by atoms with Crippen LogP contribution in [0.4, 0.5) is 13.2 Å². The van der Waals surface area contributed by atoms with E-state index in [2.05, 4.69) is 16.8 Å². The van der Waals surface area contributed by atoms with Gasteiger partial charge in [-0.15, -0.1) is 10.2 Å². The van der Waals surface area contributed by atoms with E-state index in [1.54, 1.807) is 11.0 Å². The van der Waals surface area contributed by atoms with Crippen molar-refractivity contribution in [3.8, 4) is 16.3 Å². The molecule has 0 saturated heterocycles. The zero-order valence-electron chi connectivity index (χ0n) is 20.7. The molecular weight excluding hydrogens is 519 g/mol. The lowest BCUT2D eigenvalue weighted by atomic mass is 10.1. The Morgan fingerprint density at radius 1 is 1.16 bits per heavy atom. The summed E-state index contributed by atoms with van der Waals surface area (Å²) in [5, 5.41) is 21.1. The number of amides is 1. The Bertz CT molecular complexity index is 1440. The summed E-state index contributed by atoms with van der Waals surface area (Å²) in [4.78, 5) is 28.1. The molecule has 1 amide bonds. The summed E-state index contributed by atoms with van der Waals surface area (Å²) in [6.07, 6.45) is 6.61. The van der Waals surface area contributed by atoms with Gasteiger partial charge in [-0.3, -0.25) is 19.3 Å². The second kappa shape index (κ2) is 10.2. The number of nitrogens with zero attached hydrogens (tertiary/aromatic N) is 5. The largest absolute Gasteiger partial charge is 0.502 e. The molecule has 2 aromatic heterocycles. The Morgan fingerprint density at radius 2 is 1.84 bits per heavy atom. The van der Waals surface area contributed by atoms with E-state index in [1.165, 1.54) is 10.9 Å². The van der Waals surface area contributed by atoms with E-state index in [1.807, 2.05) is 11.9 Å². The number of hydrogen-bond donors (Lipinski definition) is 1. The lowest BCUT2D eigenvalue weighted by Gasteiger charge is -2.46. The van der Waals surface area contributed by atoms with E-state index < -0.39 is 40.7 Å². The number of rotatable bonds is 7. The Balaban J connectivity index is 1.57. The smallest absolute Gasteiger partial charge is 0.278 e. The van der Waals surface area contributed by atoms with Gasteiger partial charge in [0, 0.05) is 43.4 Å². The van der Waals surface area contributed by atoms with Gasteiger partial charge in [0.1, 0.15) is 28.6 Å². The van der Waals surface area contributed by atoms with Gasteiger partial charge in [0.25, 0.3) is 5.91 Å². The lowest BCUT2D eigenvalue weighted by molar-refractivity contribution is 0.0627. The number of fused-ring (bicyclic) bond motifs is 1. The highest BCUT2D eigenvalue weighted by Crippen LogP contribution is 2.32. The third kappa shape index (κ3) is 4.46. The van der Waals surface area contributed by atoms with Crippen molar-refractivity contribution in [2.24, 2.45) is 5.92 Å². The summed E-state index contributed by atoms with van der Waals surface area (Å²) < 4.78 is 43.1. The fourth-order valence-corrected chi connectivity index (χ4v) is 6.11. The molecule has 5 rings (SSSR count). The number of likely N-dealkylation sites (N-methyl/N-ethyl adjacent to an activating group) is 1. The number of halogens is 3. The minimum atomic E-state index is -1.05. The minimum absolute atomic E-state index is 0.00738. The summed E-state index contributed by atoms with van der Waals surface area (Å²) >= 11 is 0.915. The molecule has 0 unspecified atom stereocenters. The van der Waals surface area contributed by atoms with Gasteiger partial charge in [-0.05, 0) is 31.8 Å². The molecule has 8 nitrogen and oxygen atoms in total. The van der Waals surface area contributed by atoms with E-state index in [0.29, 0.717) is 31.1 Å². The lowest BCUT2D eigenvalue weighted by Crippen LogP contribution is -2.61. The van der Waals surface area contributed by atoms with E-state index in [-0.39, 0.29) is 33.3 Å². The van der Waals surface area contributed by atoms with Crippen molar-refractivity contribution < 1.29 is 23.1 Å². The molecular formula is C26H26F3N5O3S.